The van der Waals surface area contributed by atoms with Crippen LogP contribution in [-0.4, -0.2) is 25.1 Å². The Balaban J connectivity index is 1.62. The SMILES string of the molecule is NC(=O)CCS(=O)(=O)Nc1ccc(Nc2c3ccccc3nc3ccccc23)cc1. The van der Waals surface area contributed by atoms with Gasteiger partial charge in [0.25, 0.3) is 0 Å². The van der Waals surface area contributed by atoms with Crippen LogP contribution in [0.1, 0.15) is 6.42 Å². The Morgan fingerprint density at radius 3 is 1.93 bits per heavy atom. The van der Waals surface area contributed by atoms with E-state index < -0.39 is 15.9 Å². The Kier molecular flexibility index (Phi) is 5.24. The maximum absolute atomic E-state index is 12.0. The summed E-state index contributed by atoms with van der Waals surface area (Å²) in [6.45, 7) is 0. The van der Waals surface area contributed by atoms with Crippen molar-refractivity contribution in [1.82, 2.24) is 4.98 Å². The van der Waals surface area contributed by atoms with Crippen molar-refractivity contribution in [2.75, 3.05) is 15.8 Å². The van der Waals surface area contributed by atoms with Crippen LogP contribution in [0.25, 0.3) is 21.8 Å². The lowest BCUT2D eigenvalue weighted by Crippen LogP contribution is -2.22. The van der Waals surface area contributed by atoms with Crippen molar-refractivity contribution in [3.63, 3.8) is 0 Å². The normalized spacial score (nSPS) is 11.5. The first-order valence-electron chi connectivity index (χ1n) is 9.35. The van der Waals surface area contributed by atoms with Gasteiger partial charge in [-0.25, -0.2) is 13.4 Å². The highest BCUT2D eigenvalue weighted by molar-refractivity contribution is 7.92. The Hall–Kier alpha value is -3.65. The Bertz CT molecular complexity index is 1280. The number of rotatable bonds is 7. The first kappa shape index (κ1) is 19.7. The number of pyridine rings is 1. The lowest BCUT2D eigenvalue weighted by Gasteiger charge is -2.14. The zero-order valence-corrected chi connectivity index (χ0v) is 16.8. The van der Waals surface area contributed by atoms with Crippen LogP contribution in [0.3, 0.4) is 0 Å². The van der Waals surface area contributed by atoms with Crippen molar-refractivity contribution < 1.29 is 13.2 Å². The number of amides is 1. The number of anilines is 3. The number of fused-ring (bicyclic) bond motifs is 2. The summed E-state index contributed by atoms with van der Waals surface area (Å²) >= 11 is 0. The molecule has 0 unspecified atom stereocenters. The molecule has 0 radical (unpaired) electrons. The molecule has 1 aromatic heterocycles. The van der Waals surface area contributed by atoms with Crippen LogP contribution in [0.5, 0.6) is 0 Å². The van der Waals surface area contributed by atoms with E-state index in [2.05, 4.69) is 10.0 Å². The average Bonchev–Trinajstić information content (AvgIpc) is 2.73. The van der Waals surface area contributed by atoms with Gasteiger partial charge in [0.1, 0.15) is 0 Å². The number of primary amides is 1. The number of nitrogens with zero attached hydrogens (tertiary/aromatic N) is 1. The van der Waals surface area contributed by atoms with E-state index in [-0.39, 0.29) is 12.2 Å². The third-order valence-corrected chi connectivity index (χ3v) is 5.92. The number of aromatic nitrogens is 1. The summed E-state index contributed by atoms with van der Waals surface area (Å²) in [6.07, 6.45) is -0.225. The highest BCUT2D eigenvalue weighted by atomic mass is 32.2. The first-order chi connectivity index (χ1) is 14.4. The van der Waals surface area contributed by atoms with Gasteiger partial charge in [-0.15, -0.1) is 0 Å². The minimum Gasteiger partial charge on any atom is -0.370 e. The fourth-order valence-corrected chi connectivity index (χ4v) is 4.27. The van der Waals surface area contributed by atoms with Crippen molar-refractivity contribution >= 4 is 54.8 Å². The number of hydrogen-bond acceptors (Lipinski definition) is 5. The number of benzene rings is 3. The van der Waals surface area contributed by atoms with E-state index in [1.54, 1.807) is 24.3 Å². The molecule has 4 N–H and O–H groups in total. The number of para-hydroxylation sites is 2. The number of nitrogens with two attached hydrogens (primary N) is 1. The second-order valence-corrected chi connectivity index (χ2v) is 8.70. The van der Waals surface area contributed by atoms with Crippen LogP contribution >= 0.6 is 0 Å². The Morgan fingerprint density at radius 2 is 1.37 bits per heavy atom. The molecule has 0 spiro atoms. The Labute approximate surface area is 174 Å². The van der Waals surface area contributed by atoms with Gasteiger partial charge in [0.05, 0.1) is 22.5 Å². The van der Waals surface area contributed by atoms with Crippen LogP contribution in [-0.2, 0) is 14.8 Å². The number of nitrogens with one attached hydrogen (secondary N) is 2. The maximum atomic E-state index is 12.0. The highest BCUT2D eigenvalue weighted by Crippen LogP contribution is 2.33. The van der Waals surface area contributed by atoms with Gasteiger partial charge in [0.2, 0.25) is 15.9 Å². The van der Waals surface area contributed by atoms with Crippen molar-refractivity contribution in [2.24, 2.45) is 5.73 Å². The summed E-state index contributed by atoms with van der Waals surface area (Å²) in [5.41, 5.74) is 8.94. The molecule has 0 fully saturated rings. The number of sulfonamides is 1. The van der Waals surface area contributed by atoms with Gasteiger partial charge in [0, 0.05) is 28.6 Å². The van der Waals surface area contributed by atoms with E-state index >= 15 is 0 Å². The molecular formula is C22H20N4O3S. The minimum absolute atomic E-state index is 0.225. The molecule has 8 heteroatoms. The van der Waals surface area contributed by atoms with Gasteiger partial charge in [-0.2, -0.15) is 0 Å². The first-order valence-corrected chi connectivity index (χ1v) is 11.0. The minimum atomic E-state index is -3.64. The number of hydrogen-bond donors (Lipinski definition) is 3. The van der Waals surface area contributed by atoms with Crippen LogP contribution in [0.4, 0.5) is 17.1 Å². The summed E-state index contributed by atoms with van der Waals surface area (Å²) in [5.74, 6) is -1.01. The third-order valence-electron chi connectivity index (χ3n) is 4.63. The molecule has 1 heterocycles. The monoisotopic (exact) mass is 420 g/mol. The second kappa shape index (κ2) is 8.00. The standard InChI is InChI=1S/C22H20N4O3S/c23-21(27)13-14-30(28,29)26-16-11-9-15(10-12-16)24-22-17-5-1-3-7-19(17)25-20-8-4-2-6-18(20)22/h1-12,26H,13-14H2,(H2,23,27)(H,24,25). The third kappa shape index (κ3) is 4.33. The summed E-state index contributed by atoms with van der Waals surface area (Å²) in [5, 5.41) is 5.43. The largest absolute Gasteiger partial charge is 0.370 e. The zero-order valence-electron chi connectivity index (χ0n) is 16.0. The number of carbonyl (C=O) groups is 1. The molecule has 152 valence electrons. The van der Waals surface area contributed by atoms with Crippen molar-refractivity contribution in [2.45, 2.75) is 6.42 Å². The molecule has 0 bridgehead atoms. The molecule has 0 aliphatic rings. The smallest absolute Gasteiger partial charge is 0.233 e. The van der Waals surface area contributed by atoms with Gasteiger partial charge in [-0.05, 0) is 36.4 Å². The Morgan fingerprint density at radius 1 is 0.833 bits per heavy atom. The van der Waals surface area contributed by atoms with E-state index in [9.17, 15) is 13.2 Å². The van der Waals surface area contributed by atoms with Gasteiger partial charge < -0.3 is 11.1 Å². The van der Waals surface area contributed by atoms with E-state index in [0.717, 1.165) is 33.2 Å². The molecular weight excluding hydrogens is 400 g/mol. The van der Waals surface area contributed by atoms with Crippen LogP contribution in [0.2, 0.25) is 0 Å². The maximum Gasteiger partial charge on any atom is 0.233 e. The predicted octanol–water partition coefficient (Wildman–Crippen LogP) is 3.75. The van der Waals surface area contributed by atoms with E-state index in [1.807, 2.05) is 48.5 Å². The summed E-state index contributed by atoms with van der Waals surface area (Å²) in [6, 6.07) is 22.7. The van der Waals surface area contributed by atoms with Crippen molar-refractivity contribution in [3.05, 3.63) is 72.8 Å². The van der Waals surface area contributed by atoms with E-state index in [1.165, 1.54) is 0 Å². The molecule has 3 aromatic carbocycles. The fraction of sp³-hybridized carbons (Fsp3) is 0.0909. The van der Waals surface area contributed by atoms with Gasteiger partial charge in [-0.3, -0.25) is 9.52 Å². The molecule has 1 amide bonds. The van der Waals surface area contributed by atoms with Crippen LogP contribution < -0.4 is 15.8 Å². The van der Waals surface area contributed by atoms with Crippen LogP contribution in [0, 0.1) is 0 Å². The van der Waals surface area contributed by atoms with E-state index in [4.69, 9.17) is 10.7 Å². The molecule has 30 heavy (non-hydrogen) atoms. The molecule has 4 aromatic rings. The summed E-state index contributed by atoms with van der Waals surface area (Å²) in [4.78, 5) is 15.5. The fourth-order valence-electron chi connectivity index (χ4n) is 3.21. The number of carbonyl (C=O) groups excluding carboxylic acids is 1. The average molecular weight is 420 g/mol. The highest BCUT2D eigenvalue weighted by Gasteiger charge is 2.13. The molecule has 0 aliphatic carbocycles. The quantitative estimate of drug-likeness (QED) is 0.394. The molecule has 0 aliphatic heterocycles. The molecule has 4 rings (SSSR count). The lowest BCUT2D eigenvalue weighted by atomic mass is 10.1. The van der Waals surface area contributed by atoms with Crippen molar-refractivity contribution in [1.29, 1.82) is 0 Å². The predicted molar refractivity (Wildman–Crippen MR) is 120 cm³/mol. The molecule has 0 saturated heterocycles. The van der Waals surface area contributed by atoms with Crippen LogP contribution in [0.15, 0.2) is 72.8 Å². The molecule has 7 nitrogen and oxygen atoms in total. The molecule has 0 atom stereocenters. The molecule has 0 saturated carbocycles. The lowest BCUT2D eigenvalue weighted by molar-refractivity contribution is -0.117. The second-order valence-electron chi connectivity index (χ2n) is 6.86. The van der Waals surface area contributed by atoms with Gasteiger partial charge in [-0.1, -0.05) is 36.4 Å². The van der Waals surface area contributed by atoms with E-state index in [0.29, 0.717) is 5.69 Å². The van der Waals surface area contributed by atoms with Gasteiger partial charge >= 0.3 is 0 Å². The summed E-state index contributed by atoms with van der Waals surface area (Å²) in [7, 11) is -3.64. The van der Waals surface area contributed by atoms with Crippen molar-refractivity contribution in [3.8, 4) is 0 Å². The van der Waals surface area contributed by atoms with Gasteiger partial charge in [0.15, 0.2) is 0 Å². The topological polar surface area (TPSA) is 114 Å². The summed E-state index contributed by atoms with van der Waals surface area (Å²) < 4.78 is 26.5. The zero-order chi connectivity index (χ0) is 21.1.